The van der Waals surface area contributed by atoms with Gasteiger partial charge in [0.25, 0.3) is 0 Å². The number of hydrogen-bond donors (Lipinski definition) is 0. The first-order valence-electron chi connectivity index (χ1n) is 9.25. The second-order valence-corrected chi connectivity index (χ2v) is 6.18. The molecule has 3 rings (SSSR count). The highest BCUT2D eigenvalue weighted by molar-refractivity contribution is 6.13. The van der Waals surface area contributed by atoms with Gasteiger partial charge in [0.2, 0.25) is 0 Å². The van der Waals surface area contributed by atoms with Gasteiger partial charge in [-0.25, -0.2) is 4.79 Å². The van der Waals surface area contributed by atoms with Gasteiger partial charge in [0, 0.05) is 11.1 Å². The fourth-order valence-electron chi connectivity index (χ4n) is 3.04. The molecular weight excluding hydrogens is 350 g/mol. The van der Waals surface area contributed by atoms with Crippen LogP contribution in [0, 0.1) is 0 Å². The summed E-state index contributed by atoms with van der Waals surface area (Å²) in [6.45, 7) is 5.95. The minimum absolute atomic E-state index is 0.277. The van der Waals surface area contributed by atoms with Gasteiger partial charge in [-0.2, -0.15) is 0 Å². The molecule has 0 saturated carbocycles. The number of carbonyl (C=O) groups excluding carboxylic acids is 1. The van der Waals surface area contributed by atoms with Gasteiger partial charge in [-0.15, -0.1) is 6.58 Å². The maximum absolute atomic E-state index is 12.8. The van der Waals surface area contributed by atoms with E-state index in [0.29, 0.717) is 5.76 Å². The highest BCUT2D eigenvalue weighted by atomic mass is 16.5. The third kappa shape index (κ3) is 4.46. The zero-order valence-electron chi connectivity index (χ0n) is 15.8. The monoisotopic (exact) mass is 373 g/mol. The molecule has 0 radical (unpaired) electrons. The first-order chi connectivity index (χ1) is 13.7. The molecule has 2 atom stereocenters. The van der Waals surface area contributed by atoms with Crippen LogP contribution in [0.4, 0.5) is 0 Å². The van der Waals surface area contributed by atoms with Crippen molar-refractivity contribution in [2.75, 3.05) is 6.61 Å². The standard InChI is InChI=1S/C24H23NO3/c1-3-20(21-16-11-17-28-21)23(24(26)27-4-2)25-22(18-12-7-5-8-13-18)19-14-9-6-10-15-19/h3,5-17,20,23H,1,4H2,2H3/t20-,23-/m1/s1. The topological polar surface area (TPSA) is 51.8 Å². The Kier molecular flexibility index (Phi) is 6.58. The van der Waals surface area contributed by atoms with Gasteiger partial charge in [0.1, 0.15) is 5.76 Å². The fraction of sp³-hybridized carbons (Fsp3) is 0.167. The highest BCUT2D eigenvalue weighted by Crippen LogP contribution is 2.26. The summed E-state index contributed by atoms with van der Waals surface area (Å²) in [6, 6.07) is 22.4. The Morgan fingerprint density at radius 2 is 1.64 bits per heavy atom. The summed E-state index contributed by atoms with van der Waals surface area (Å²) in [5, 5.41) is 0. The van der Waals surface area contributed by atoms with Crippen LogP contribution in [0.2, 0.25) is 0 Å². The summed E-state index contributed by atoms with van der Waals surface area (Å²) in [4.78, 5) is 17.7. The number of rotatable bonds is 8. The fourth-order valence-corrected chi connectivity index (χ4v) is 3.04. The van der Waals surface area contributed by atoms with Crippen molar-refractivity contribution < 1.29 is 13.9 Å². The molecule has 0 spiro atoms. The van der Waals surface area contributed by atoms with Gasteiger partial charge in [-0.1, -0.05) is 66.7 Å². The summed E-state index contributed by atoms with van der Waals surface area (Å²) >= 11 is 0. The zero-order valence-corrected chi connectivity index (χ0v) is 15.8. The van der Waals surface area contributed by atoms with E-state index in [4.69, 9.17) is 14.1 Å². The predicted octanol–water partition coefficient (Wildman–Crippen LogP) is 5.02. The van der Waals surface area contributed by atoms with Gasteiger partial charge >= 0.3 is 5.97 Å². The van der Waals surface area contributed by atoms with Crippen LogP contribution in [-0.2, 0) is 9.53 Å². The molecular formula is C24H23NO3. The van der Waals surface area contributed by atoms with Crippen molar-refractivity contribution in [3.63, 3.8) is 0 Å². The maximum atomic E-state index is 12.8. The third-order valence-corrected chi connectivity index (χ3v) is 4.36. The molecule has 4 heteroatoms. The third-order valence-electron chi connectivity index (χ3n) is 4.36. The van der Waals surface area contributed by atoms with Gasteiger partial charge < -0.3 is 9.15 Å². The van der Waals surface area contributed by atoms with E-state index in [1.165, 1.54) is 0 Å². The van der Waals surface area contributed by atoms with Crippen LogP contribution < -0.4 is 0 Å². The zero-order chi connectivity index (χ0) is 19.8. The molecule has 0 N–H and O–H groups in total. The van der Waals surface area contributed by atoms with Crippen molar-refractivity contribution in [3.8, 4) is 0 Å². The Labute approximate surface area is 165 Å². The number of esters is 1. The molecule has 0 aliphatic heterocycles. The SMILES string of the molecule is C=C[C@H](c1ccco1)[C@@H](N=C(c1ccccc1)c1ccccc1)C(=O)OCC. The average Bonchev–Trinajstić information content (AvgIpc) is 3.27. The molecule has 28 heavy (non-hydrogen) atoms. The molecule has 0 aliphatic carbocycles. The molecule has 0 aliphatic rings. The van der Waals surface area contributed by atoms with E-state index in [1.807, 2.05) is 66.7 Å². The van der Waals surface area contributed by atoms with Crippen molar-refractivity contribution in [3.05, 3.63) is 109 Å². The van der Waals surface area contributed by atoms with E-state index in [1.54, 1.807) is 25.3 Å². The van der Waals surface area contributed by atoms with Crippen molar-refractivity contribution >= 4 is 11.7 Å². The summed E-state index contributed by atoms with van der Waals surface area (Å²) in [5.74, 6) is -0.220. The van der Waals surface area contributed by atoms with Crippen LogP contribution in [0.1, 0.15) is 29.7 Å². The smallest absolute Gasteiger partial charge is 0.331 e. The van der Waals surface area contributed by atoms with Crippen LogP contribution in [0.15, 0.2) is 101 Å². The Morgan fingerprint density at radius 1 is 1.04 bits per heavy atom. The van der Waals surface area contributed by atoms with E-state index in [0.717, 1.165) is 16.8 Å². The summed E-state index contributed by atoms with van der Waals surface area (Å²) in [7, 11) is 0. The molecule has 0 unspecified atom stereocenters. The second kappa shape index (κ2) is 9.51. The number of nitrogens with zero attached hydrogens (tertiary/aromatic N) is 1. The van der Waals surface area contributed by atoms with E-state index < -0.39 is 17.9 Å². The minimum atomic E-state index is -0.806. The molecule has 3 aromatic rings. The van der Waals surface area contributed by atoms with Crippen LogP contribution in [0.25, 0.3) is 0 Å². The number of ether oxygens (including phenoxy) is 1. The van der Waals surface area contributed by atoms with Gasteiger partial charge in [-0.3, -0.25) is 4.99 Å². The van der Waals surface area contributed by atoms with Crippen molar-refractivity contribution in [1.29, 1.82) is 0 Å². The molecule has 0 amide bonds. The Morgan fingerprint density at radius 3 is 2.11 bits per heavy atom. The highest BCUT2D eigenvalue weighted by Gasteiger charge is 2.31. The van der Waals surface area contributed by atoms with Gasteiger partial charge in [0.15, 0.2) is 6.04 Å². The van der Waals surface area contributed by atoms with Crippen LogP contribution in [0.3, 0.4) is 0 Å². The quantitative estimate of drug-likeness (QED) is 0.316. The molecule has 4 nitrogen and oxygen atoms in total. The number of aliphatic imine (C=N–C) groups is 1. The number of carbonyl (C=O) groups is 1. The lowest BCUT2D eigenvalue weighted by molar-refractivity contribution is -0.144. The Balaban J connectivity index is 2.13. The summed E-state index contributed by atoms with van der Waals surface area (Å²) in [5.41, 5.74) is 2.56. The molecule has 0 bridgehead atoms. The lowest BCUT2D eigenvalue weighted by Gasteiger charge is -2.20. The molecule has 0 saturated heterocycles. The van der Waals surface area contributed by atoms with E-state index in [-0.39, 0.29) is 6.61 Å². The number of benzene rings is 2. The molecule has 142 valence electrons. The Hall–Kier alpha value is -3.40. The van der Waals surface area contributed by atoms with Crippen LogP contribution in [-0.4, -0.2) is 24.3 Å². The maximum Gasteiger partial charge on any atom is 0.331 e. The Bertz CT molecular complexity index is 874. The van der Waals surface area contributed by atoms with Crippen molar-refractivity contribution in [2.45, 2.75) is 18.9 Å². The normalized spacial score (nSPS) is 12.6. The summed E-state index contributed by atoms with van der Waals surface area (Å²) in [6.07, 6.45) is 3.25. The average molecular weight is 373 g/mol. The van der Waals surface area contributed by atoms with Gasteiger partial charge in [-0.05, 0) is 19.1 Å². The predicted molar refractivity (Wildman–Crippen MR) is 111 cm³/mol. The first kappa shape index (κ1) is 19.4. The molecule has 1 aromatic heterocycles. The first-order valence-corrected chi connectivity index (χ1v) is 9.25. The van der Waals surface area contributed by atoms with Crippen LogP contribution in [0.5, 0.6) is 0 Å². The minimum Gasteiger partial charge on any atom is -0.469 e. The lowest BCUT2D eigenvalue weighted by Crippen LogP contribution is -2.29. The lowest BCUT2D eigenvalue weighted by atomic mass is 9.95. The molecule has 0 fully saturated rings. The summed E-state index contributed by atoms with van der Waals surface area (Å²) < 4.78 is 10.9. The van der Waals surface area contributed by atoms with Crippen LogP contribution >= 0.6 is 0 Å². The van der Waals surface area contributed by atoms with E-state index in [2.05, 4.69) is 6.58 Å². The van der Waals surface area contributed by atoms with Gasteiger partial charge in [0.05, 0.1) is 24.5 Å². The van der Waals surface area contributed by atoms with Crippen molar-refractivity contribution in [1.82, 2.24) is 0 Å². The van der Waals surface area contributed by atoms with Crippen molar-refractivity contribution in [2.24, 2.45) is 4.99 Å². The molecule has 2 aromatic carbocycles. The second-order valence-electron chi connectivity index (χ2n) is 6.18. The van der Waals surface area contributed by atoms with E-state index in [9.17, 15) is 4.79 Å². The number of hydrogen-bond acceptors (Lipinski definition) is 4. The largest absolute Gasteiger partial charge is 0.469 e. The molecule has 1 heterocycles. The van der Waals surface area contributed by atoms with E-state index >= 15 is 0 Å². The number of furan rings is 1.